The Kier molecular flexibility index (Phi) is 4.59. The Morgan fingerprint density at radius 2 is 1.91 bits per heavy atom. The van der Waals surface area contributed by atoms with Crippen molar-refractivity contribution in [2.45, 2.75) is 44.6 Å². The van der Waals surface area contributed by atoms with Crippen molar-refractivity contribution < 1.29 is 4.79 Å². The van der Waals surface area contributed by atoms with Gasteiger partial charge in [-0.1, -0.05) is 6.07 Å². The zero-order chi connectivity index (χ0) is 15.4. The van der Waals surface area contributed by atoms with E-state index in [1.165, 1.54) is 49.9 Å². The van der Waals surface area contributed by atoms with Crippen molar-refractivity contribution in [1.82, 2.24) is 10.2 Å². The number of carbonyl (C=O) groups excluding carboxylic acids is 1. The van der Waals surface area contributed by atoms with Crippen molar-refractivity contribution in [3.05, 3.63) is 29.3 Å². The van der Waals surface area contributed by atoms with Gasteiger partial charge < -0.3 is 10.2 Å². The lowest BCUT2D eigenvalue weighted by Gasteiger charge is -2.25. The van der Waals surface area contributed by atoms with Crippen LogP contribution in [0, 0.1) is 11.5 Å². The molecule has 1 aromatic carbocycles. The minimum atomic E-state index is -0.481. The summed E-state index contributed by atoms with van der Waals surface area (Å²) in [5.74, 6) is 0. The molecule has 22 heavy (non-hydrogen) atoms. The van der Waals surface area contributed by atoms with E-state index < -0.39 is 6.03 Å². The number of hydrogen-bond acceptors (Lipinski definition) is 3. The predicted octanol–water partition coefficient (Wildman–Crippen LogP) is 2.63. The zero-order valence-corrected chi connectivity index (χ0v) is 12.8. The quantitative estimate of drug-likeness (QED) is 0.501. The molecule has 1 fully saturated rings. The third-order valence-electron chi connectivity index (χ3n) is 4.78. The van der Waals surface area contributed by atoms with Gasteiger partial charge in [-0.05, 0) is 74.9 Å². The summed E-state index contributed by atoms with van der Waals surface area (Å²) in [5, 5.41) is 13.2. The maximum atomic E-state index is 11.4. The van der Waals surface area contributed by atoms with E-state index in [4.69, 9.17) is 5.26 Å². The van der Waals surface area contributed by atoms with Gasteiger partial charge in [-0.15, -0.1) is 0 Å². The van der Waals surface area contributed by atoms with Gasteiger partial charge in [-0.3, -0.25) is 0 Å². The van der Waals surface area contributed by atoms with E-state index in [9.17, 15) is 4.79 Å². The Morgan fingerprint density at radius 3 is 2.64 bits per heavy atom. The first-order chi connectivity index (χ1) is 10.8. The highest BCUT2D eigenvalue weighted by Gasteiger charge is 2.24. The molecule has 0 radical (unpaired) electrons. The summed E-state index contributed by atoms with van der Waals surface area (Å²) in [4.78, 5) is 14.1. The fourth-order valence-corrected chi connectivity index (χ4v) is 3.65. The number of rotatable bonds is 2. The van der Waals surface area contributed by atoms with Gasteiger partial charge in [0.2, 0.25) is 0 Å². The van der Waals surface area contributed by atoms with Crippen LogP contribution >= 0.6 is 0 Å². The van der Waals surface area contributed by atoms with E-state index in [0.29, 0.717) is 6.04 Å². The molecule has 1 heterocycles. The number of nitriles is 1. The lowest BCUT2D eigenvalue weighted by atomic mass is 10.0. The van der Waals surface area contributed by atoms with Crippen molar-refractivity contribution in [3.8, 4) is 6.19 Å². The molecule has 2 amide bonds. The Morgan fingerprint density at radius 1 is 1.18 bits per heavy atom. The number of aryl methyl sites for hydroxylation is 2. The van der Waals surface area contributed by atoms with Crippen molar-refractivity contribution in [3.63, 3.8) is 0 Å². The van der Waals surface area contributed by atoms with Crippen LogP contribution in [0.1, 0.15) is 36.8 Å². The molecule has 5 heteroatoms. The van der Waals surface area contributed by atoms with Crippen molar-refractivity contribution in [2.24, 2.45) is 0 Å². The second kappa shape index (κ2) is 6.80. The number of nitrogens with zero attached hydrogens (tertiary/aromatic N) is 2. The molecule has 116 valence electrons. The van der Waals surface area contributed by atoms with Gasteiger partial charge in [0.1, 0.15) is 0 Å². The number of hydrogen-bond donors (Lipinski definition) is 2. The molecule has 1 atom stereocenters. The predicted molar refractivity (Wildman–Crippen MR) is 85.4 cm³/mol. The largest absolute Gasteiger partial charge is 0.332 e. The number of anilines is 1. The summed E-state index contributed by atoms with van der Waals surface area (Å²) < 4.78 is 0. The molecule has 1 aliphatic heterocycles. The van der Waals surface area contributed by atoms with Crippen LogP contribution in [-0.4, -0.2) is 30.1 Å². The SMILES string of the molecule is N#CNC(=O)Nc1ccc2c(c1)CC[C@H](N1CCCC1)CC2. The topological polar surface area (TPSA) is 68.2 Å². The number of benzene rings is 1. The molecule has 3 rings (SSSR count). The van der Waals surface area contributed by atoms with E-state index in [1.54, 1.807) is 6.19 Å². The molecule has 0 spiro atoms. The number of urea groups is 1. The fourth-order valence-electron chi connectivity index (χ4n) is 3.65. The van der Waals surface area contributed by atoms with Gasteiger partial charge in [0.25, 0.3) is 0 Å². The fraction of sp³-hybridized carbons (Fsp3) is 0.529. The molecular weight excluding hydrogens is 276 g/mol. The van der Waals surface area contributed by atoms with E-state index in [1.807, 2.05) is 6.07 Å². The Bertz CT molecular complexity index is 587. The first kappa shape index (κ1) is 14.9. The summed E-state index contributed by atoms with van der Waals surface area (Å²) in [7, 11) is 0. The van der Waals surface area contributed by atoms with Crippen LogP contribution in [-0.2, 0) is 12.8 Å². The van der Waals surface area contributed by atoms with Gasteiger partial charge in [0, 0.05) is 11.7 Å². The monoisotopic (exact) mass is 298 g/mol. The Hall–Kier alpha value is -2.06. The lowest BCUT2D eigenvalue weighted by Crippen LogP contribution is -2.32. The number of nitrogens with one attached hydrogen (secondary N) is 2. The number of likely N-dealkylation sites (tertiary alicyclic amines) is 1. The highest BCUT2D eigenvalue weighted by atomic mass is 16.2. The summed E-state index contributed by atoms with van der Waals surface area (Å²) in [6, 6.07) is 6.31. The normalized spacial score (nSPS) is 21.5. The van der Waals surface area contributed by atoms with Gasteiger partial charge in [-0.2, -0.15) is 5.26 Å². The lowest BCUT2D eigenvalue weighted by molar-refractivity contribution is 0.222. The average molecular weight is 298 g/mol. The van der Waals surface area contributed by atoms with Crippen molar-refractivity contribution in [2.75, 3.05) is 18.4 Å². The van der Waals surface area contributed by atoms with E-state index in [0.717, 1.165) is 18.5 Å². The van der Waals surface area contributed by atoms with E-state index in [-0.39, 0.29) is 0 Å². The molecule has 0 unspecified atom stereocenters. The van der Waals surface area contributed by atoms with Crippen LogP contribution in [0.3, 0.4) is 0 Å². The Balaban J connectivity index is 1.67. The van der Waals surface area contributed by atoms with Gasteiger partial charge in [0.05, 0.1) is 0 Å². The smallest absolute Gasteiger partial charge is 0.307 e. The molecular formula is C17H22N4O. The van der Waals surface area contributed by atoms with Gasteiger partial charge in [-0.25, -0.2) is 10.1 Å². The van der Waals surface area contributed by atoms with Crippen LogP contribution in [0.15, 0.2) is 18.2 Å². The first-order valence-corrected chi connectivity index (χ1v) is 8.08. The Labute approximate surface area is 131 Å². The number of amides is 2. The molecule has 1 saturated heterocycles. The van der Waals surface area contributed by atoms with Crippen LogP contribution in [0.5, 0.6) is 0 Å². The van der Waals surface area contributed by atoms with Crippen LogP contribution < -0.4 is 10.6 Å². The summed E-state index contributed by atoms with van der Waals surface area (Å²) in [5.41, 5.74) is 3.48. The summed E-state index contributed by atoms with van der Waals surface area (Å²) >= 11 is 0. The highest BCUT2D eigenvalue weighted by molar-refractivity contribution is 5.90. The van der Waals surface area contributed by atoms with Gasteiger partial charge >= 0.3 is 6.03 Å². The standard InChI is InChI=1S/C17H22N4O/c18-12-19-17(22)20-15-6-3-13-4-7-16(8-5-14(13)11-15)21-9-1-2-10-21/h3,6,11,16H,1-2,4-5,7-10H2,(H2,19,20,22)/t16-/m1/s1. The van der Waals surface area contributed by atoms with Crippen LogP contribution in [0.25, 0.3) is 0 Å². The van der Waals surface area contributed by atoms with E-state index in [2.05, 4.69) is 27.7 Å². The summed E-state index contributed by atoms with van der Waals surface area (Å²) in [6.07, 6.45) is 8.91. The summed E-state index contributed by atoms with van der Waals surface area (Å²) in [6.45, 7) is 2.50. The maximum Gasteiger partial charge on any atom is 0.332 e. The molecule has 0 saturated carbocycles. The number of carbonyl (C=O) groups is 1. The van der Waals surface area contributed by atoms with Gasteiger partial charge in [0.15, 0.2) is 6.19 Å². The first-order valence-electron chi connectivity index (χ1n) is 8.08. The maximum absolute atomic E-state index is 11.4. The van der Waals surface area contributed by atoms with Crippen molar-refractivity contribution >= 4 is 11.7 Å². The molecule has 1 aromatic rings. The second-order valence-electron chi connectivity index (χ2n) is 6.15. The third kappa shape index (κ3) is 3.40. The second-order valence-corrected chi connectivity index (χ2v) is 6.15. The van der Waals surface area contributed by atoms with E-state index >= 15 is 0 Å². The number of fused-ring (bicyclic) bond motifs is 1. The molecule has 2 N–H and O–H groups in total. The van der Waals surface area contributed by atoms with Crippen LogP contribution in [0.2, 0.25) is 0 Å². The van der Waals surface area contributed by atoms with Crippen LogP contribution in [0.4, 0.5) is 10.5 Å². The molecule has 5 nitrogen and oxygen atoms in total. The minimum absolute atomic E-state index is 0.481. The molecule has 0 bridgehead atoms. The molecule has 0 aromatic heterocycles. The minimum Gasteiger partial charge on any atom is -0.307 e. The average Bonchev–Trinajstić information content (AvgIpc) is 2.95. The third-order valence-corrected chi connectivity index (χ3v) is 4.78. The molecule has 2 aliphatic rings. The van der Waals surface area contributed by atoms with Crippen molar-refractivity contribution in [1.29, 1.82) is 5.26 Å². The zero-order valence-electron chi connectivity index (χ0n) is 12.8. The highest BCUT2D eigenvalue weighted by Crippen LogP contribution is 2.27. The molecule has 1 aliphatic carbocycles.